The van der Waals surface area contributed by atoms with Crippen LogP contribution in [-0.4, -0.2) is 17.7 Å². The van der Waals surface area contributed by atoms with Crippen molar-refractivity contribution in [3.63, 3.8) is 0 Å². The van der Waals surface area contributed by atoms with Crippen LogP contribution in [0.15, 0.2) is 53.4 Å². The number of carbonyl (C=O) groups is 1. The Labute approximate surface area is 145 Å². The van der Waals surface area contributed by atoms with Gasteiger partial charge in [0.15, 0.2) is 0 Å². The fourth-order valence-electron chi connectivity index (χ4n) is 2.41. The molecule has 0 radical (unpaired) electrons. The highest BCUT2D eigenvalue weighted by Gasteiger charge is 2.18. The Morgan fingerprint density at radius 1 is 1.17 bits per heavy atom. The highest BCUT2D eigenvalue weighted by atomic mass is 32.2. The van der Waals surface area contributed by atoms with Gasteiger partial charge in [-0.1, -0.05) is 37.3 Å². The zero-order chi connectivity index (χ0) is 17.5. The lowest BCUT2D eigenvalue weighted by Crippen LogP contribution is -2.34. The highest BCUT2D eigenvalue weighted by molar-refractivity contribution is 8.00. The molecule has 0 fully saturated rings. The zero-order valence-electron chi connectivity index (χ0n) is 13.8. The summed E-state index contributed by atoms with van der Waals surface area (Å²) < 4.78 is 26.6. The first kappa shape index (κ1) is 18.5. The maximum Gasteiger partial charge on any atom is 0.233 e. The summed E-state index contributed by atoms with van der Waals surface area (Å²) in [6.07, 6.45) is 0.915. The first-order valence-electron chi connectivity index (χ1n) is 7.95. The molecule has 2 rings (SSSR count). The fourth-order valence-corrected chi connectivity index (χ4v) is 3.29. The Balaban J connectivity index is 1.91. The molecule has 0 aliphatic heterocycles. The van der Waals surface area contributed by atoms with E-state index in [1.165, 1.54) is 17.7 Å². The van der Waals surface area contributed by atoms with Crippen molar-refractivity contribution < 1.29 is 13.6 Å². The molecule has 2 aromatic carbocycles. The van der Waals surface area contributed by atoms with E-state index in [1.54, 1.807) is 6.92 Å². The van der Waals surface area contributed by atoms with Gasteiger partial charge in [0, 0.05) is 23.4 Å². The second-order valence-corrected chi connectivity index (χ2v) is 6.98. The number of halogens is 2. The van der Waals surface area contributed by atoms with Crippen LogP contribution in [0.2, 0.25) is 0 Å². The second kappa shape index (κ2) is 8.83. The topological polar surface area (TPSA) is 29.1 Å². The summed E-state index contributed by atoms with van der Waals surface area (Å²) in [7, 11) is 0. The molecule has 0 aliphatic rings. The number of amides is 1. The lowest BCUT2D eigenvalue weighted by atomic mass is 9.96. The minimum Gasteiger partial charge on any atom is -0.355 e. The van der Waals surface area contributed by atoms with Gasteiger partial charge in [-0.25, -0.2) is 8.78 Å². The SMILES string of the molecule is CC[C@@H](CNC(=O)[C@H](C)Sc1ccc(F)cc1F)c1ccccc1. The van der Waals surface area contributed by atoms with Gasteiger partial charge in [-0.05, 0) is 31.0 Å². The van der Waals surface area contributed by atoms with E-state index in [9.17, 15) is 13.6 Å². The molecular formula is C19H21F2NOS. The third-order valence-electron chi connectivity index (χ3n) is 3.85. The van der Waals surface area contributed by atoms with Gasteiger partial charge in [0.25, 0.3) is 0 Å². The Kier molecular flexibility index (Phi) is 6.79. The van der Waals surface area contributed by atoms with Gasteiger partial charge >= 0.3 is 0 Å². The third-order valence-corrected chi connectivity index (χ3v) is 5.01. The number of thioether (sulfide) groups is 1. The molecule has 2 aromatic rings. The molecule has 0 heterocycles. The van der Waals surface area contributed by atoms with Crippen LogP contribution in [0.4, 0.5) is 8.78 Å². The number of rotatable bonds is 7. The average molecular weight is 349 g/mol. The van der Waals surface area contributed by atoms with E-state index in [0.717, 1.165) is 24.2 Å². The van der Waals surface area contributed by atoms with Crippen molar-refractivity contribution in [1.82, 2.24) is 5.32 Å². The van der Waals surface area contributed by atoms with E-state index in [0.29, 0.717) is 6.54 Å². The van der Waals surface area contributed by atoms with E-state index in [1.807, 2.05) is 30.3 Å². The number of nitrogens with one attached hydrogen (secondary N) is 1. The third kappa shape index (κ3) is 5.06. The molecule has 1 amide bonds. The lowest BCUT2D eigenvalue weighted by molar-refractivity contribution is -0.120. The van der Waals surface area contributed by atoms with Crippen LogP contribution in [0.25, 0.3) is 0 Å². The summed E-state index contributed by atoms with van der Waals surface area (Å²) in [5.74, 6) is -1.18. The summed E-state index contributed by atoms with van der Waals surface area (Å²) >= 11 is 1.09. The smallest absolute Gasteiger partial charge is 0.233 e. The quantitative estimate of drug-likeness (QED) is 0.731. The molecule has 24 heavy (non-hydrogen) atoms. The van der Waals surface area contributed by atoms with Gasteiger partial charge in [0.2, 0.25) is 5.91 Å². The second-order valence-electron chi connectivity index (χ2n) is 5.60. The van der Waals surface area contributed by atoms with Crippen molar-refractivity contribution in [1.29, 1.82) is 0 Å². The van der Waals surface area contributed by atoms with E-state index in [-0.39, 0.29) is 16.7 Å². The van der Waals surface area contributed by atoms with Crippen LogP contribution >= 0.6 is 11.8 Å². The number of hydrogen-bond acceptors (Lipinski definition) is 2. The number of benzene rings is 2. The highest BCUT2D eigenvalue weighted by Crippen LogP contribution is 2.27. The normalized spacial score (nSPS) is 13.3. The first-order chi connectivity index (χ1) is 11.5. The van der Waals surface area contributed by atoms with Gasteiger partial charge < -0.3 is 5.32 Å². The first-order valence-corrected chi connectivity index (χ1v) is 8.83. The summed E-state index contributed by atoms with van der Waals surface area (Å²) in [5, 5.41) is 2.47. The van der Waals surface area contributed by atoms with Crippen molar-refractivity contribution in [2.45, 2.75) is 36.3 Å². The van der Waals surface area contributed by atoms with Crippen LogP contribution in [0.1, 0.15) is 31.7 Å². The van der Waals surface area contributed by atoms with Crippen molar-refractivity contribution in [2.24, 2.45) is 0 Å². The monoisotopic (exact) mass is 349 g/mol. The largest absolute Gasteiger partial charge is 0.355 e. The molecule has 1 N–H and O–H groups in total. The summed E-state index contributed by atoms with van der Waals surface area (Å²) in [4.78, 5) is 12.5. The molecule has 0 saturated heterocycles. The van der Waals surface area contributed by atoms with Crippen LogP contribution in [0, 0.1) is 11.6 Å². The van der Waals surface area contributed by atoms with Gasteiger partial charge in [-0.15, -0.1) is 11.8 Å². The summed E-state index contributed by atoms with van der Waals surface area (Å²) in [6.45, 7) is 4.33. The minimum absolute atomic E-state index is 0.155. The number of carbonyl (C=O) groups excluding carboxylic acids is 1. The van der Waals surface area contributed by atoms with E-state index >= 15 is 0 Å². The molecule has 0 bridgehead atoms. The van der Waals surface area contributed by atoms with Gasteiger partial charge in [-0.3, -0.25) is 4.79 Å². The Hall–Kier alpha value is -1.88. The number of hydrogen-bond donors (Lipinski definition) is 1. The standard InChI is InChI=1S/C19H21F2NOS/c1-3-14(15-7-5-4-6-8-15)12-22-19(23)13(2)24-18-10-9-16(20)11-17(18)21/h4-11,13-14H,3,12H2,1-2H3,(H,22,23)/t13-,14-/m0/s1. The average Bonchev–Trinajstić information content (AvgIpc) is 2.58. The van der Waals surface area contributed by atoms with E-state index in [2.05, 4.69) is 12.2 Å². The molecule has 0 aromatic heterocycles. The van der Waals surface area contributed by atoms with Crippen LogP contribution in [0.5, 0.6) is 0 Å². The van der Waals surface area contributed by atoms with Crippen LogP contribution < -0.4 is 5.32 Å². The van der Waals surface area contributed by atoms with Gasteiger partial charge in [-0.2, -0.15) is 0 Å². The van der Waals surface area contributed by atoms with Crippen LogP contribution in [0.3, 0.4) is 0 Å². The molecule has 128 valence electrons. The van der Waals surface area contributed by atoms with Crippen molar-refractivity contribution in [2.75, 3.05) is 6.54 Å². The lowest BCUT2D eigenvalue weighted by Gasteiger charge is -2.18. The molecule has 0 spiro atoms. The Morgan fingerprint density at radius 2 is 1.88 bits per heavy atom. The van der Waals surface area contributed by atoms with Crippen LogP contribution in [-0.2, 0) is 4.79 Å². The minimum atomic E-state index is -0.643. The maximum atomic E-state index is 13.7. The van der Waals surface area contributed by atoms with Crippen molar-refractivity contribution >= 4 is 17.7 Å². The fraction of sp³-hybridized carbons (Fsp3) is 0.316. The van der Waals surface area contributed by atoms with Crippen molar-refractivity contribution in [3.05, 3.63) is 65.7 Å². The summed E-state index contributed by atoms with van der Waals surface area (Å²) in [5.41, 5.74) is 1.19. The van der Waals surface area contributed by atoms with Crippen molar-refractivity contribution in [3.8, 4) is 0 Å². The van der Waals surface area contributed by atoms with Gasteiger partial charge in [0.05, 0.1) is 5.25 Å². The zero-order valence-corrected chi connectivity index (χ0v) is 14.6. The van der Waals surface area contributed by atoms with E-state index < -0.39 is 16.9 Å². The Morgan fingerprint density at radius 3 is 2.50 bits per heavy atom. The van der Waals surface area contributed by atoms with E-state index in [4.69, 9.17) is 0 Å². The molecule has 2 atom stereocenters. The molecule has 0 aliphatic carbocycles. The maximum absolute atomic E-state index is 13.7. The molecular weight excluding hydrogens is 328 g/mol. The predicted octanol–water partition coefficient (Wildman–Crippen LogP) is 4.76. The molecule has 0 unspecified atom stereocenters. The van der Waals surface area contributed by atoms with Gasteiger partial charge in [0.1, 0.15) is 11.6 Å². The summed E-state index contributed by atoms with van der Waals surface area (Å²) in [6, 6.07) is 13.4. The molecule has 2 nitrogen and oxygen atoms in total. The Bertz CT molecular complexity index is 678. The predicted molar refractivity (Wildman–Crippen MR) is 94.2 cm³/mol. The molecule has 0 saturated carbocycles. The molecule has 5 heteroatoms.